The van der Waals surface area contributed by atoms with E-state index in [1.54, 1.807) is 0 Å². The normalized spacial score (nSPS) is 39.2. The lowest BCUT2D eigenvalue weighted by molar-refractivity contribution is 0.0663. The molecular weight excluding hydrogens is 204 g/mol. The van der Waals surface area contributed by atoms with Crippen molar-refractivity contribution in [3.8, 4) is 0 Å². The molecule has 0 radical (unpaired) electrons. The Morgan fingerprint density at radius 3 is 2.87 bits per heavy atom. The number of hydrogen-bond acceptors (Lipinski definition) is 3. The maximum Gasteiger partial charge on any atom is 0.0247 e. The van der Waals surface area contributed by atoms with Crippen molar-refractivity contribution in [3.05, 3.63) is 0 Å². The predicted octanol–water partition coefficient (Wildman–Crippen LogP) is 1.94. The van der Waals surface area contributed by atoms with E-state index in [4.69, 9.17) is 5.73 Å². The van der Waals surface area contributed by atoms with Crippen LogP contribution in [0.1, 0.15) is 32.6 Å². The number of nitrogens with zero attached hydrogens (tertiary/aromatic N) is 1. The second kappa shape index (κ2) is 5.55. The van der Waals surface area contributed by atoms with Crippen molar-refractivity contribution in [1.29, 1.82) is 0 Å². The van der Waals surface area contributed by atoms with Gasteiger partial charge >= 0.3 is 0 Å². The van der Waals surface area contributed by atoms with Gasteiger partial charge in [-0.3, -0.25) is 4.90 Å². The van der Waals surface area contributed by atoms with Crippen molar-refractivity contribution in [3.63, 3.8) is 0 Å². The molecule has 0 amide bonds. The number of hydrogen-bond donors (Lipinski definition) is 1. The van der Waals surface area contributed by atoms with Crippen LogP contribution in [0.25, 0.3) is 0 Å². The number of rotatable bonds is 2. The molecule has 2 nitrogen and oxygen atoms in total. The quantitative estimate of drug-likeness (QED) is 0.783. The van der Waals surface area contributed by atoms with E-state index in [1.165, 1.54) is 43.7 Å². The summed E-state index contributed by atoms with van der Waals surface area (Å²) in [6, 6.07) is 1.47. The summed E-state index contributed by atoms with van der Waals surface area (Å²) in [7, 11) is 0. The van der Waals surface area contributed by atoms with Gasteiger partial charge < -0.3 is 5.73 Å². The Morgan fingerprint density at radius 2 is 2.20 bits per heavy atom. The average Bonchev–Trinajstić information content (AvgIpc) is 2.30. The van der Waals surface area contributed by atoms with Crippen molar-refractivity contribution in [1.82, 2.24) is 4.90 Å². The summed E-state index contributed by atoms with van der Waals surface area (Å²) in [5.41, 5.74) is 5.94. The zero-order valence-electron chi connectivity index (χ0n) is 9.82. The number of nitrogens with two attached hydrogens (primary N) is 1. The number of thioether (sulfide) groups is 1. The van der Waals surface area contributed by atoms with Crippen LogP contribution in [0, 0.1) is 5.92 Å². The maximum absolute atomic E-state index is 5.94. The van der Waals surface area contributed by atoms with Crippen LogP contribution in [-0.2, 0) is 0 Å². The van der Waals surface area contributed by atoms with Crippen LogP contribution in [0.15, 0.2) is 0 Å². The molecular formula is C12H24N2S. The first-order valence-electron chi connectivity index (χ1n) is 6.36. The molecule has 2 rings (SSSR count). The van der Waals surface area contributed by atoms with Crippen LogP contribution in [0.4, 0.5) is 0 Å². The average molecular weight is 228 g/mol. The van der Waals surface area contributed by atoms with Gasteiger partial charge in [-0.25, -0.2) is 0 Å². The van der Waals surface area contributed by atoms with Gasteiger partial charge in [0.15, 0.2) is 0 Å². The third kappa shape index (κ3) is 2.69. The highest BCUT2D eigenvalue weighted by Crippen LogP contribution is 2.29. The highest BCUT2D eigenvalue weighted by atomic mass is 32.2. The third-order valence-corrected chi connectivity index (χ3v) is 5.20. The summed E-state index contributed by atoms with van der Waals surface area (Å²) in [6.07, 6.45) is 5.55. The van der Waals surface area contributed by atoms with E-state index in [2.05, 4.69) is 23.6 Å². The Bertz CT molecular complexity index is 192. The summed E-state index contributed by atoms with van der Waals surface area (Å²) < 4.78 is 0. The van der Waals surface area contributed by atoms with Gasteiger partial charge in [0.2, 0.25) is 0 Å². The smallest absolute Gasteiger partial charge is 0.0247 e. The molecule has 0 saturated carbocycles. The molecule has 0 aromatic carbocycles. The molecule has 2 heterocycles. The molecule has 15 heavy (non-hydrogen) atoms. The molecule has 3 unspecified atom stereocenters. The van der Waals surface area contributed by atoms with Crippen molar-refractivity contribution in [2.24, 2.45) is 11.7 Å². The predicted molar refractivity (Wildman–Crippen MR) is 68.3 cm³/mol. The molecule has 0 spiro atoms. The minimum atomic E-state index is 0.655. The van der Waals surface area contributed by atoms with Crippen LogP contribution in [0.3, 0.4) is 0 Å². The molecule has 2 N–H and O–H groups in total. The number of piperidine rings is 1. The van der Waals surface area contributed by atoms with E-state index in [9.17, 15) is 0 Å². The first kappa shape index (κ1) is 11.7. The maximum atomic E-state index is 5.94. The monoisotopic (exact) mass is 228 g/mol. The molecule has 3 heteroatoms. The van der Waals surface area contributed by atoms with E-state index in [-0.39, 0.29) is 0 Å². The molecule has 2 fully saturated rings. The molecule has 0 aromatic heterocycles. The molecule has 2 aliphatic rings. The molecule has 0 bridgehead atoms. The van der Waals surface area contributed by atoms with Gasteiger partial charge in [0.25, 0.3) is 0 Å². The fourth-order valence-electron chi connectivity index (χ4n) is 3.09. The third-order valence-electron chi connectivity index (χ3n) is 4.01. The van der Waals surface area contributed by atoms with Crippen LogP contribution >= 0.6 is 11.8 Å². The van der Waals surface area contributed by atoms with Crippen molar-refractivity contribution in [2.75, 3.05) is 24.6 Å². The summed E-state index contributed by atoms with van der Waals surface area (Å²) in [5.74, 6) is 3.51. The standard InChI is InChI=1S/C12H24N2S/c1-10-4-2-6-14(12(10)8-13)11-5-3-7-15-9-11/h10-12H,2-9,13H2,1H3. The second-order valence-corrected chi connectivity index (χ2v) is 6.18. The largest absolute Gasteiger partial charge is 0.329 e. The summed E-state index contributed by atoms with van der Waals surface area (Å²) >= 11 is 2.13. The highest BCUT2D eigenvalue weighted by Gasteiger charge is 2.32. The molecule has 0 aromatic rings. The molecule has 3 atom stereocenters. The second-order valence-electron chi connectivity index (χ2n) is 5.03. The lowest BCUT2D eigenvalue weighted by Crippen LogP contribution is -2.54. The Balaban J connectivity index is 1.97. The fraction of sp³-hybridized carbons (Fsp3) is 1.00. The SMILES string of the molecule is CC1CCCN(C2CCCSC2)C1CN. The molecule has 2 saturated heterocycles. The zero-order valence-corrected chi connectivity index (χ0v) is 10.6. The first-order chi connectivity index (χ1) is 7.33. The highest BCUT2D eigenvalue weighted by molar-refractivity contribution is 7.99. The Kier molecular flexibility index (Phi) is 4.35. The number of likely N-dealkylation sites (tertiary alicyclic amines) is 1. The molecule has 0 aliphatic carbocycles. The van der Waals surface area contributed by atoms with E-state index in [1.807, 2.05) is 0 Å². The van der Waals surface area contributed by atoms with E-state index in [0.717, 1.165) is 18.5 Å². The van der Waals surface area contributed by atoms with Crippen LogP contribution in [0.2, 0.25) is 0 Å². The van der Waals surface area contributed by atoms with E-state index < -0.39 is 0 Å². The summed E-state index contributed by atoms with van der Waals surface area (Å²) in [5, 5.41) is 0. The van der Waals surface area contributed by atoms with Gasteiger partial charge in [0, 0.05) is 24.4 Å². The minimum absolute atomic E-state index is 0.655. The van der Waals surface area contributed by atoms with Crippen LogP contribution in [0.5, 0.6) is 0 Å². The Hall–Kier alpha value is 0.270. The van der Waals surface area contributed by atoms with Gasteiger partial charge in [-0.2, -0.15) is 11.8 Å². The van der Waals surface area contributed by atoms with E-state index >= 15 is 0 Å². The topological polar surface area (TPSA) is 29.3 Å². The van der Waals surface area contributed by atoms with Crippen molar-refractivity contribution in [2.45, 2.75) is 44.7 Å². The summed E-state index contributed by atoms with van der Waals surface area (Å²) in [4.78, 5) is 2.72. The first-order valence-corrected chi connectivity index (χ1v) is 7.52. The minimum Gasteiger partial charge on any atom is -0.329 e. The van der Waals surface area contributed by atoms with Gasteiger partial charge in [0.05, 0.1) is 0 Å². The van der Waals surface area contributed by atoms with Crippen molar-refractivity contribution >= 4 is 11.8 Å². The molecule has 2 aliphatic heterocycles. The van der Waals surface area contributed by atoms with Gasteiger partial charge in [-0.1, -0.05) is 6.92 Å². The lowest BCUT2D eigenvalue weighted by Gasteiger charge is -2.45. The Morgan fingerprint density at radius 1 is 1.33 bits per heavy atom. The summed E-state index contributed by atoms with van der Waals surface area (Å²) in [6.45, 7) is 4.51. The zero-order chi connectivity index (χ0) is 10.7. The van der Waals surface area contributed by atoms with Crippen LogP contribution in [-0.4, -0.2) is 41.6 Å². The van der Waals surface area contributed by atoms with Gasteiger partial charge in [-0.05, 0) is 43.9 Å². The fourth-order valence-corrected chi connectivity index (χ4v) is 4.25. The van der Waals surface area contributed by atoms with Crippen LogP contribution < -0.4 is 5.73 Å². The molecule has 88 valence electrons. The van der Waals surface area contributed by atoms with Crippen molar-refractivity contribution < 1.29 is 0 Å². The lowest BCUT2D eigenvalue weighted by atomic mass is 9.89. The van der Waals surface area contributed by atoms with Gasteiger partial charge in [-0.15, -0.1) is 0 Å². The Labute approximate surface area is 98.0 Å². The van der Waals surface area contributed by atoms with Gasteiger partial charge in [0.1, 0.15) is 0 Å². The van der Waals surface area contributed by atoms with E-state index in [0.29, 0.717) is 6.04 Å².